The fourth-order valence-corrected chi connectivity index (χ4v) is 8.87. The Morgan fingerprint density at radius 1 is 0.429 bits per heavy atom. The van der Waals surface area contributed by atoms with E-state index in [9.17, 15) is 0 Å². The van der Waals surface area contributed by atoms with Crippen molar-refractivity contribution in [3.05, 3.63) is 0 Å². The summed E-state index contributed by atoms with van der Waals surface area (Å²) in [5.41, 5.74) is 3.67. The molecule has 2 unspecified atom stereocenters. The van der Waals surface area contributed by atoms with E-state index in [4.69, 9.17) is 0 Å². The maximum atomic E-state index is 2.48. The van der Waals surface area contributed by atoms with E-state index in [-0.39, 0.29) is 0 Å². The first-order valence-corrected chi connectivity index (χ1v) is 18.3. The van der Waals surface area contributed by atoms with Crippen molar-refractivity contribution >= 4 is 0 Å². The van der Waals surface area contributed by atoms with Crippen LogP contribution in [0.15, 0.2) is 0 Å². The molecule has 3 aliphatic rings. The molecule has 252 valence electrons. The summed E-state index contributed by atoms with van der Waals surface area (Å²) < 4.78 is 0. The van der Waals surface area contributed by atoms with Crippen LogP contribution in [0.5, 0.6) is 0 Å². The van der Waals surface area contributed by atoms with E-state index in [1.165, 1.54) is 57.8 Å². The summed E-state index contributed by atoms with van der Waals surface area (Å²) in [7, 11) is 0. The fourth-order valence-electron chi connectivity index (χ4n) is 8.87. The molecule has 0 aromatic rings. The van der Waals surface area contributed by atoms with Crippen LogP contribution < -0.4 is 0 Å². The summed E-state index contributed by atoms with van der Waals surface area (Å²) in [6.45, 7) is 47.8. The average molecular weight is 589 g/mol. The lowest BCUT2D eigenvalue weighted by Crippen LogP contribution is -2.51. The molecule has 3 saturated carbocycles. The summed E-state index contributed by atoms with van der Waals surface area (Å²) in [6.07, 6.45) is 13.0. The van der Waals surface area contributed by atoms with Crippen molar-refractivity contribution < 1.29 is 0 Å². The van der Waals surface area contributed by atoms with Gasteiger partial charge in [0, 0.05) is 0 Å². The van der Waals surface area contributed by atoms with Crippen LogP contribution in [-0.2, 0) is 0 Å². The molecular weight excluding hydrogens is 504 g/mol. The number of hydrogen-bond donors (Lipinski definition) is 0. The van der Waals surface area contributed by atoms with Crippen molar-refractivity contribution in [3.63, 3.8) is 0 Å². The molecule has 3 fully saturated rings. The molecule has 3 aliphatic carbocycles. The largest absolute Gasteiger partial charge is 0.0602 e. The van der Waals surface area contributed by atoms with E-state index in [2.05, 4.69) is 138 Å². The van der Waals surface area contributed by atoms with Crippen molar-refractivity contribution in [2.45, 2.75) is 196 Å². The Balaban J connectivity index is 0.000000316. The van der Waals surface area contributed by atoms with Gasteiger partial charge in [0.2, 0.25) is 0 Å². The van der Waals surface area contributed by atoms with Gasteiger partial charge in [-0.15, -0.1) is 0 Å². The highest BCUT2D eigenvalue weighted by Crippen LogP contribution is 2.61. The van der Waals surface area contributed by atoms with E-state index < -0.39 is 0 Å². The molecule has 2 atom stereocenters. The first-order valence-electron chi connectivity index (χ1n) is 18.3. The summed E-state index contributed by atoms with van der Waals surface area (Å²) in [6, 6.07) is 0. The Morgan fingerprint density at radius 2 is 0.762 bits per heavy atom. The Kier molecular flexibility index (Phi) is 13.1. The third-order valence-corrected chi connectivity index (χ3v) is 11.9. The Bertz CT molecular complexity index is 746. The molecule has 42 heavy (non-hydrogen) atoms. The predicted octanol–water partition coefficient (Wildman–Crippen LogP) is 14.5. The van der Waals surface area contributed by atoms with Gasteiger partial charge in [0.1, 0.15) is 0 Å². The lowest BCUT2D eigenvalue weighted by Gasteiger charge is -2.59. The van der Waals surface area contributed by atoms with Crippen molar-refractivity contribution in [1.29, 1.82) is 0 Å². The molecule has 0 amide bonds. The minimum Gasteiger partial charge on any atom is -0.0602 e. The van der Waals surface area contributed by atoms with Gasteiger partial charge in [0.05, 0.1) is 0 Å². The van der Waals surface area contributed by atoms with E-state index in [0.717, 1.165) is 35.5 Å². The highest BCUT2D eigenvalue weighted by Gasteiger charge is 2.52. The summed E-state index contributed by atoms with van der Waals surface area (Å²) in [5.74, 6) is 5.75. The minimum atomic E-state index is 0.484. The van der Waals surface area contributed by atoms with Gasteiger partial charge in [-0.1, -0.05) is 138 Å². The van der Waals surface area contributed by atoms with Crippen LogP contribution in [-0.4, -0.2) is 0 Å². The lowest BCUT2D eigenvalue weighted by atomic mass is 9.46. The van der Waals surface area contributed by atoms with E-state index in [1.807, 2.05) is 0 Å². The Labute approximate surface area is 269 Å². The highest BCUT2D eigenvalue weighted by atomic mass is 14.6. The second-order valence-electron chi connectivity index (χ2n) is 22.9. The van der Waals surface area contributed by atoms with Crippen LogP contribution in [0.3, 0.4) is 0 Å². The predicted molar refractivity (Wildman–Crippen MR) is 193 cm³/mol. The third-order valence-electron chi connectivity index (χ3n) is 11.9. The zero-order chi connectivity index (χ0) is 33.3. The monoisotopic (exact) mass is 589 g/mol. The Morgan fingerprint density at radius 3 is 1.00 bits per heavy atom. The maximum absolute atomic E-state index is 2.48. The van der Waals surface area contributed by atoms with Gasteiger partial charge in [-0.05, 0) is 131 Å². The third kappa shape index (κ3) is 13.2. The molecule has 0 bridgehead atoms. The lowest BCUT2D eigenvalue weighted by molar-refractivity contribution is -0.0991. The zero-order valence-corrected chi connectivity index (χ0v) is 33.3. The van der Waals surface area contributed by atoms with Crippen LogP contribution in [0.1, 0.15) is 196 Å². The molecule has 0 radical (unpaired) electrons. The van der Waals surface area contributed by atoms with Crippen molar-refractivity contribution in [1.82, 2.24) is 0 Å². The fraction of sp³-hybridized carbons (Fsp3) is 1.00. The summed E-state index contributed by atoms with van der Waals surface area (Å²) >= 11 is 0. The van der Waals surface area contributed by atoms with Gasteiger partial charge in [0.15, 0.2) is 0 Å². The standard InChI is InChI=1S/C15H30.C14H28.C13H26/c1-13(2,3)10-11-9-12(14(4,5)6)15(11,7)8;1-13(2,3)11-7-9-12(10-8-11)14(4,5)6;1-12(2,3)9-10-7-11(8-10)13(4,5)6/h11-12H,9-10H2,1-8H3;11-12H,7-10H2,1-6H3;10-11H,7-9H2,1-6H3. The highest BCUT2D eigenvalue weighted by molar-refractivity contribution is 5.02. The molecular formula is C42H84. The molecule has 0 saturated heterocycles. The summed E-state index contributed by atoms with van der Waals surface area (Å²) in [5, 5.41) is 0. The first kappa shape index (κ1) is 40.0. The van der Waals surface area contributed by atoms with Crippen molar-refractivity contribution in [3.8, 4) is 0 Å². The van der Waals surface area contributed by atoms with E-state index >= 15 is 0 Å². The van der Waals surface area contributed by atoms with E-state index in [0.29, 0.717) is 37.9 Å². The van der Waals surface area contributed by atoms with Gasteiger partial charge in [0.25, 0.3) is 0 Å². The average Bonchev–Trinajstić information content (AvgIpc) is 2.70. The van der Waals surface area contributed by atoms with Crippen molar-refractivity contribution in [2.75, 3.05) is 0 Å². The van der Waals surface area contributed by atoms with Crippen molar-refractivity contribution in [2.24, 2.45) is 73.4 Å². The zero-order valence-electron chi connectivity index (χ0n) is 33.3. The molecule has 0 aliphatic heterocycles. The quantitative estimate of drug-likeness (QED) is 0.301. The van der Waals surface area contributed by atoms with Gasteiger partial charge >= 0.3 is 0 Å². The normalized spacial score (nSPS) is 30.6. The molecule has 0 spiro atoms. The van der Waals surface area contributed by atoms with Gasteiger partial charge < -0.3 is 0 Å². The van der Waals surface area contributed by atoms with E-state index in [1.54, 1.807) is 0 Å². The molecule has 0 aromatic carbocycles. The Hall–Kier alpha value is 0. The van der Waals surface area contributed by atoms with Crippen LogP contribution in [0.4, 0.5) is 0 Å². The second-order valence-corrected chi connectivity index (χ2v) is 22.9. The number of rotatable bonds is 2. The minimum absolute atomic E-state index is 0.484. The first-order chi connectivity index (χ1) is 18.3. The molecule has 0 heterocycles. The maximum Gasteiger partial charge on any atom is -0.0292 e. The van der Waals surface area contributed by atoms with Crippen LogP contribution in [0, 0.1) is 73.4 Å². The second kappa shape index (κ2) is 13.8. The van der Waals surface area contributed by atoms with Crippen LogP contribution >= 0.6 is 0 Å². The molecule has 0 N–H and O–H groups in total. The molecule has 3 rings (SSSR count). The molecule has 0 nitrogen and oxygen atoms in total. The smallest absolute Gasteiger partial charge is 0.0292 e. The number of hydrogen-bond acceptors (Lipinski definition) is 0. The molecule has 0 aromatic heterocycles. The van der Waals surface area contributed by atoms with Gasteiger partial charge in [-0.2, -0.15) is 0 Å². The van der Waals surface area contributed by atoms with Gasteiger partial charge in [-0.25, -0.2) is 0 Å². The SMILES string of the molecule is CC(C)(C)C1CCC(C(C)(C)C)CC1.CC(C)(C)CC1CC(C(C)(C)C)C1.CC(C)(C)CC1CC(C(C)(C)C)C1(C)C. The van der Waals surface area contributed by atoms with Gasteiger partial charge in [-0.3, -0.25) is 0 Å². The van der Waals surface area contributed by atoms with Crippen LogP contribution in [0.2, 0.25) is 0 Å². The topological polar surface area (TPSA) is 0 Å². The molecule has 0 heteroatoms. The summed E-state index contributed by atoms with van der Waals surface area (Å²) in [4.78, 5) is 0. The van der Waals surface area contributed by atoms with Crippen LogP contribution in [0.25, 0.3) is 0 Å².